The summed E-state index contributed by atoms with van der Waals surface area (Å²) in [7, 11) is 5.56. The van der Waals surface area contributed by atoms with Crippen LogP contribution in [0.1, 0.15) is 24.5 Å². The van der Waals surface area contributed by atoms with Crippen LogP contribution < -0.4 is 5.46 Å². The summed E-state index contributed by atoms with van der Waals surface area (Å²) in [5.41, 5.74) is 5.54. The van der Waals surface area contributed by atoms with Gasteiger partial charge in [0.25, 0.3) is 0 Å². The molecule has 2 aliphatic carbocycles. The molecular formula is C12H12BF. The highest BCUT2D eigenvalue weighted by Gasteiger charge is 2.31. The molecule has 0 aromatic rings. The molecule has 0 saturated heterocycles. The van der Waals surface area contributed by atoms with Crippen LogP contribution in [0.25, 0.3) is 11.1 Å². The van der Waals surface area contributed by atoms with Crippen LogP contribution in [0.2, 0.25) is 0 Å². The number of benzene rings is 1. The molecule has 0 amide bonds. The van der Waals surface area contributed by atoms with E-state index in [0.717, 1.165) is 35.1 Å². The third kappa shape index (κ3) is 1.06. The molecule has 0 bridgehead atoms. The Balaban J connectivity index is 2.23. The van der Waals surface area contributed by atoms with E-state index < -0.39 is 0 Å². The van der Waals surface area contributed by atoms with E-state index in [1.807, 2.05) is 13.8 Å². The van der Waals surface area contributed by atoms with E-state index in [1.54, 1.807) is 0 Å². The standard InChI is InChI=1S/C12H12BF/c1-6(2)4-5-8-7(3)9-10(8)11(13)12(9)14/h1,4-5H2,2-3H3. The van der Waals surface area contributed by atoms with E-state index in [9.17, 15) is 4.39 Å². The van der Waals surface area contributed by atoms with Crippen molar-refractivity contribution in [3.63, 3.8) is 0 Å². The van der Waals surface area contributed by atoms with Crippen LogP contribution in [0.15, 0.2) is 12.2 Å². The fraction of sp³-hybridized carbons (Fsp3) is 0.333. The second-order valence-corrected chi connectivity index (χ2v) is 4.04. The molecule has 2 rings (SSSR count). The van der Waals surface area contributed by atoms with E-state index >= 15 is 0 Å². The zero-order valence-electron chi connectivity index (χ0n) is 8.58. The van der Waals surface area contributed by atoms with Gasteiger partial charge in [-0.2, -0.15) is 0 Å². The van der Waals surface area contributed by atoms with Crippen molar-refractivity contribution in [1.82, 2.24) is 0 Å². The number of fused-ring (bicyclic) bond motifs is 1. The van der Waals surface area contributed by atoms with Crippen LogP contribution in [0, 0.1) is 12.7 Å². The molecule has 0 aromatic carbocycles. The molecule has 2 aliphatic rings. The Labute approximate surface area is 85.2 Å². The zero-order chi connectivity index (χ0) is 10.5. The topological polar surface area (TPSA) is 0 Å². The third-order valence-corrected chi connectivity index (χ3v) is 2.91. The number of halogens is 1. The van der Waals surface area contributed by atoms with E-state index in [1.165, 1.54) is 5.56 Å². The molecule has 0 heterocycles. The SMILES string of the molecule is [B]c1c(F)c2c(C)c(CCC(=C)C)c1-2. The van der Waals surface area contributed by atoms with Crippen molar-refractivity contribution >= 4 is 13.3 Å². The second kappa shape index (κ2) is 2.98. The summed E-state index contributed by atoms with van der Waals surface area (Å²) in [6.45, 7) is 7.81. The average molecular weight is 186 g/mol. The molecule has 0 spiro atoms. The molecule has 2 radical (unpaired) electrons. The lowest BCUT2D eigenvalue weighted by molar-refractivity contribution is 0.627. The first kappa shape index (κ1) is 9.51. The monoisotopic (exact) mass is 186 g/mol. The fourth-order valence-electron chi connectivity index (χ4n) is 2.02. The Morgan fingerprint density at radius 2 is 2.07 bits per heavy atom. The van der Waals surface area contributed by atoms with Crippen molar-refractivity contribution in [3.8, 4) is 11.1 Å². The maximum atomic E-state index is 13.1. The molecule has 2 heteroatoms. The van der Waals surface area contributed by atoms with Crippen LogP contribution in [0.5, 0.6) is 0 Å². The molecule has 0 saturated carbocycles. The Kier molecular flexibility index (Phi) is 2.02. The Morgan fingerprint density at radius 3 is 2.64 bits per heavy atom. The lowest BCUT2D eigenvalue weighted by Gasteiger charge is -2.31. The van der Waals surface area contributed by atoms with Gasteiger partial charge in [0.1, 0.15) is 13.7 Å². The van der Waals surface area contributed by atoms with Crippen LogP contribution in [-0.4, -0.2) is 7.85 Å². The van der Waals surface area contributed by atoms with E-state index in [0.29, 0.717) is 5.46 Å². The molecule has 70 valence electrons. The Bertz CT molecular complexity index is 433. The summed E-state index contributed by atoms with van der Waals surface area (Å²) in [5.74, 6) is -0.212. The minimum absolute atomic E-state index is 0.212. The summed E-state index contributed by atoms with van der Waals surface area (Å²) >= 11 is 0. The molecule has 14 heavy (non-hydrogen) atoms. The molecular weight excluding hydrogens is 174 g/mol. The highest BCUT2D eigenvalue weighted by atomic mass is 19.1. The molecule has 0 unspecified atom stereocenters. The van der Waals surface area contributed by atoms with Gasteiger partial charge in [0.15, 0.2) is 0 Å². The average Bonchev–Trinajstić information content (AvgIpc) is 2.12. The fourth-order valence-corrected chi connectivity index (χ4v) is 2.02. The maximum absolute atomic E-state index is 13.1. The molecule has 0 fully saturated rings. The summed E-state index contributed by atoms with van der Waals surface area (Å²) in [6, 6.07) is 0. The van der Waals surface area contributed by atoms with Crippen molar-refractivity contribution in [2.75, 3.05) is 0 Å². The number of hydrogen-bond donors (Lipinski definition) is 0. The number of hydrogen-bond acceptors (Lipinski definition) is 0. The van der Waals surface area contributed by atoms with E-state index in [4.69, 9.17) is 7.85 Å². The minimum Gasteiger partial charge on any atom is -0.207 e. The number of allylic oxidation sites excluding steroid dienone is 1. The van der Waals surface area contributed by atoms with Crippen LogP contribution in [0.3, 0.4) is 0 Å². The molecule has 0 nitrogen and oxygen atoms in total. The summed E-state index contributed by atoms with van der Waals surface area (Å²) < 4.78 is 13.1. The smallest absolute Gasteiger partial charge is 0.124 e. The van der Waals surface area contributed by atoms with Gasteiger partial charge in [0.2, 0.25) is 0 Å². The van der Waals surface area contributed by atoms with Gasteiger partial charge in [-0.1, -0.05) is 11.0 Å². The highest BCUT2D eigenvalue weighted by Crippen LogP contribution is 2.43. The normalized spacial score (nSPS) is 11.6. The van der Waals surface area contributed by atoms with Crippen LogP contribution in [-0.2, 0) is 6.42 Å². The summed E-state index contributed by atoms with van der Waals surface area (Å²) in [6.07, 6.45) is 1.90. The first-order valence-corrected chi connectivity index (χ1v) is 4.79. The van der Waals surface area contributed by atoms with Gasteiger partial charge >= 0.3 is 0 Å². The van der Waals surface area contributed by atoms with Crippen molar-refractivity contribution in [2.45, 2.75) is 26.7 Å². The molecule has 0 aromatic heterocycles. The lowest BCUT2D eigenvalue weighted by Crippen LogP contribution is -2.29. The van der Waals surface area contributed by atoms with E-state index in [-0.39, 0.29) is 5.82 Å². The quantitative estimate of drug-likeness (QED) is 0.510. The minimum atomic E-state index is -0.212. The second-order valence-electron chi connectivity index (χ2n) is 4.04. The Hall–Kier alpha value is -1.05. The molecule has 0 aliphatic heterocycles. The van der Waals surface area contributed by atoms with Crippen molar-refractivity contribution in [1.29, 1.82) is 0 Å². The highest BCUT2D eigenvalue weighted by molar-refractivity contribution is 6.40. The lowest BCUT2D eigenvalue weighted by atomic mass is 9.67. The Morgan fingerprint density at radius 1 is 1.43 bits per heavy atom. The van der Waals surface area contributed by atoms with Crippen molar-refractivity contribution in [3.05, 3.63) is 29.1 Å². The van der Waals surface area contributed by atoms with Gasteiger partial charge < -0.3 is 0 Å². The predicted octanol–water partition coefficient (Wildman–Crippen LogP) is 2.42. The van der Waals surface area contributed by atoms with Crippen LogP contribution >= 0.6 is 0 Å². The van der Waals surface area contributed by atoms with Gasteiger partial charge in [0.05, 0.1) is 0 Å². The number of rotatable bonds is 3. The third-order valence-electron chi connectivity index (χ3n) is 2.91. The first-order valence-electron chi connectivity index (χ1n) is 4.79. The van der Waals surface area contributed by atoms with Crippen molar-refractivity contribution in [2.24, 2.45) is 0 Å². The van der Waals surface area contributed by atoms with Gasteiger partial charge in [0, 0.05) is 5.56 Å². The van der Waals surface area contributed by atoms with Gasteiger partial charge in [-0.3, -0.25) is 0 Å². The first-order chi connectivity index (χ1) is 6.54. The molecule has 0 atom stereocenters. The van der Waals surface area contributed by atoms with Gasteiger partial charge in [-0.15, -0.1) is 6.58 Å². The largest absolute Gasteiger partial charge is 0.207 e. The van der Waals surface area contributed by atoms with Gasteiger partial charge in [-0.05, 0) is 43.4 Å². The predicted molar refractivity (Wildman–Crippen MR) is 58.7 cm³/mol. The van der Waals surface area contributed by atoms with Crippen molar-refractivity contribution < 1.29 is 4.39 Å². The molecule has 0 N–H and O–H groups in total. The van der Waals surface area contributed by atoms with Gasteiger partial charge in [-0.25, -0.2) is 4.39 Å². The maximum Gasteiger partial charge on any atom is 0.124 e. The van der Waals surface area contributed by atoms with Crippen LogP contribution in [0.4, 0.5) is 4.39 Å². The summed E-state index contributed by atoms with van der Waals surface area (Å²) in [4.78, 5) is 0. The van der Waals surface area contributed by atoms with E-state index in [2.05, 4.69) is 6.58 Å². The zero-order valence-corrected chi connectivity index (χ0v) is 8.58. The summed E-state index contributed by atoms with van der Waals surface area (Å²) in [5, 5.41) is 0.